The lowest BCUT2D eigenvalue weighted by molar-refractivity contribution is 0.0964. The highest BCUT2D eigenvalue weighted by molar-refractivity contribution is 8.06. The van der Waals surface area contributed by atoms with Crippen LogP contribution in [0.3, 0.4) is 0 Å². The van der Waals surface area contributed by atoms with Gasteiger partial charge in [-0.1, -0.05) is 49.9 Å². The maximum Gasteiger partial charge on any atom is 0.259 e. The Hall–Kier alpha value is -3.06. The van der Waals surface area contributed by atoms with Crippen LogP contribution < -0.4 is 5.32 Å². The van der Waals surface area contributed by atoms with E-state index in [-0.39, 0.29) is 17.3 Å². The molecular weight excluding hydrogens is 452 g/mol. The number of nitrogens with one attached hydrogen (secondary N) is 1. The molecule has 34 heavy (non-hydrogen) atoms. The second kappa shape index (κ2) is 12.4. The number of rotatable bonds is 8. The van der Waals surface area contributed by atoms with Gasteiger partial charge in [-0.25, -0.2) is 8.78 Å². The SMILES string of the molecule is CCC(CC)C(=CC(=NC)c1ccccc1F)C1=CCCC=C(NC(=O)c2ccncc2F)S1. The van der Waals surface area contributed by atoms with Crippen LogP contribution in [0, 0.1) is 17.6 Å². The number of hydrogen-bond acceptors (Lipinski definition) is 4. The molecule has 0 saturated carbocycles. The molecule has 2 aromatic rings. The number of benzene rings is 1. The van der Waals surface area contributed by atoms with Gasteiger partial charge in [-0.15, -0.1) is 0 Å². The van der Waals surface area contributed by atoms with Crippen LogP contribution in [0.2, 0.25) is 0 Å². The van der Waals surface area contributed by atoms with Crippen LogP contribution >= 0.6 is 11.8 Å². The van der Waals surface area contributed by atoms with Gasteiger partial charge in [-0.2, -0.15) is 0 Å². The quantitative estimate of drug-likeness (QED) is 0.421. The van der Waals surface area contributed by atoms with Crippen molar-refractivity contribution in [3.8, 4) is 0 Å². The molecule has 4 nitrogen and oxygen atoms in total. The molecule has 7 heteroatoms. The summed E-state index contributed by atoms with van der Waals surface area (Å²) in [5.74, 6) is -1.27. The monoisotopic (exact) mass is 481 g/mol. The van der Waals surface area contributed by atoms with Crippen molar-refractivity contribution >= 4 is 23.4 Å². The van der Waals surface area contributed by atoms with Gasteiger partial charge in [0, 0.05) is 23.7 Å². The minimum atomic E-state index is -0.665. The summed E-state index contributed by atoms with van der Waals surface area (Å²) < 4.78 is 28.6. The first-order valence-corrected chi connectivity index (χ1v) is 12.2. The van der Waals surface area contributed by atoms with Crippen LogP contribution in [0.5, 0.6) is 0 Å². The van der Waals surface area contributed by atoms with E-state index in [1.54, 1.807) is 25.2 Å². The number of aromatic nitrogens is 1. The molecule has 1 aromatic heterocycles. The van der Waals surface area contributed by atoms with Gasteiger partial charge in [-0.05, 0) is 61.4 Å². The van der Waals surface area contributed by atoms with Gasteiger partial charge in [0.05, 0.1) is 22.5 Å². The van der Waals surface area contributed by atoms with Crippen LogP contribution in [-0.4, -0.2) is 23.7 Å². The summed E-state index contributed by atoms with van der Waals surface area (Å²) in [5, 5.41) is 3.48. The molecule has 1 amide bonds. The number of amides is 1. The fourth-order valence-corrected chi connectivity index (χ4v) is 4.95. The first-order chi connectivity index (χ1) is 16.5. The van der Waals surface area contributed by atoms with E-state index in [9.17, 15) is 13.6 Å². The van der Waals surface area contributed by atoms with Crippen LogP contribution in [-0.2, 0) is 0 Å². The number of pyridine rings is 1. The van der Waals surface area contributed by atoms with E-state index in [1.807, 2.05) is 12.2 Å². The van der Waals surface area contributed by atoms with Gasteiger partial charge in [0.25, 0.3) is 5.91 Å². The Morgan fingerprint density at radius 1 is 1.12 bits per heavy atom. The Balaban J connectivity index is 1.93. The first-order valence-electron chi connectivity index (χ1n) is 11.4. The number of carbonyl (C=O) groups is 1. The Labute approximate surface area is 204 Å². The van der Waals surface area contributed by atoms with E-state index in [4.69, 9.17) is 0 Å². The van der Waals surface area contributed by atoms with E-state index < -0.39 is 11.7 Å². The second-order valence-corrected chi connectivity index (χ2v) is 8.91. The lowest BCUT2D eigenvalue weighted by Gasteiger charge is -2.21. The first kappa shape index (κ1) is 25.6. The summed E-state index contributed by atoms with van der Waals surface area (Å²) in [6.07, 6.45) is 11.8. The Kier molecular flexibility index (Phi) is 9.33. The molecule has 0 fully saturated rings. The standard InChI is InChI=1S/C27H29F2N3OS/c1-4-18(5-2)21(16-24(30-3)19-10-6-7-11-22(19)28)25-12-8-9-13-26(34-25)32-27(33)20-14-15-31-17-23(20)29/h6-7,10-18H,4-5,8-9H2,1-3H3,(H,32,33). The van der Waals surface area contributed by atoms with Crippen molar-refractivity contribution < 1.29 is 13.6 Å². The van der Waals surface area contributed by atoms with Crippen molar-refractivity contribution in [2.75, 3.05) is 7.05 Å². The predicted molar refractivity (Wildman–Crippen MR) is 136 cm³/mol. The minimum Gasteiger partial charge on any atom is -0.316 e. The van der Waals surface area contributed by atoms with E-state index in [0.29, 0.717) is 16.3 Å². The predicted octanol–water partition coefficient (Wildman–Crippen LogP) is 6.82. The highest BCUT2D eigenvalue weighted by atomic mass is 32.2. The summed E-state index contributed by atoms with van der Waals surface area (Å²) in [6, 6.07) is 7.97. The molecule has 1 aliphatic rings. The summed E-state index contributed by atoms with van der Waals surface area (Å²) in [7, 11) is 1.66. The maximum atomic E-state index is 14.5. The van der Waals surface area contributed by atoms with Gasteiger partial charge < -0.3 is 5.32 Å². The van der Waals surface area contributed by atoms with Crippen molar-refractivity contribution in [1.29, 1.82) is 0 Å². The van der Waals surface area contributed by atoms with Crippen molar-refractivity contribution in [1.82, 2.24) is 10.3 Å². The zero-order valence-electron chi connectivity index (χ0n) is 19.6. The zero-order valence-corrected chi connectivity index (χ0v) is 20.5. The molecule has 2 heterocycles. The third-order valence-corrected chi connectivity index (χ3v) is 6.80. The third kappa shape index (κ3) is 6.29. The molecule has 1 aromatic carbocycles. The van der Waals surface area contributed by atoms with Gasteiger partial charge in [-0.3, -0.25) is 14.8 Å². The summed E-state index contributed by atoms with van der Waals surface area (Å²) in [4.78, 5) is 21.8. The van der Waals surface area contributed by atoms with E-state index in [1.165, 1.54) is 30.1 Å². The average molecular weight is 482 g/mol. The number of allylic oxidation sites excluding steroid dienone is 4. The van der Waals surface area contributed by atoms with Gasteiger partial charge in [0.2, 0.25) is 0 Å². The van der Waals surface area contributed by atoms with Crippen LogP contribution in [0.1, 0.15) is 55.5 Å². The fourth-order valence-electron chi connectivity index (χ4n) is 3.82. The Morgan fingerprint density at radius 2 is 1.85 bits per heavy atom. The molecule has 3 rings (SSSR count). The number of thioether (sulfide) groups is 1. The summed E-state index contributed by atoms with van der Waals surface area (Å²) >= 11 is 1.44. The minimum absolute atomic E-state index is 0.0537. The summed E-state index contributed by atoms with van der Waals surface area (Å²) in [6.45, 7) is 4.25. The normalized spacial score (nSPS) is 15.0. The van der Waals surface area contributed by atoms with Crippen molar-refractivity contribution in [2.24, 2.45) is 10.9 Å². The lowest BCUT2D eigenvalue weighted by Crippen LogP contribution is -2.22. The molecule has 0 unspecified atom stereocenters. The van der Waals surface area contributed by atoms with Crippen molar-refractivity contribution in [2.45, 2.75) is 39.5 Å². The van der Waals surface area contributed by atoms with Crippen LogP contribution in [0.4, 0.5) is 8.78 Å². The highest BCUT2D eigenvalue weighted by Gasteiger charge is 2.21. The van der Waals surface area contributed by atoms with Crippen molar-refractivity contribution in [3.05, 3.63) is 99.2 Å². The fraction of sp³-hybridized carbons (Fsp3) is 0.296. The average Bonchev–Trinajstić information content (AvgIpc) is 3.08. The number of nitrogens with zero attached hydrogens (tertiary/aromatic N) is 2. The van der Waals surface area contributed by atoms with E-state index >= 15 is 0 Å². The highest BCUT2D eigenvalue weighted by Crippen LogP contribution is 2.39. The molecule has 0 saturated heterocycles. The van der Waals surface area contributed by atoms with E-state index in [0.717, 1.165) is 42.4 Å². The van der Waals surface area contributed by atoms with Gasteiger partial charge in [0.1, 0.15) is 5.82 Å². The molecule has 1 aliphatic heterocycles. The molecule has 0 atom stereocenters. The lowest BCUT2D eigenvalue weighted by atomic mass is 9.90. The van der Waals surface area contributed by atoms with Crippen molar-refractivity contribution in [3.63, 3.8) is 0 Å². The number of carbonyl (C=O) groups excluding carboxylic acids is 1. The Bertz CT molecular complexity index is 1150. The molecule has 0 aliphatic carbocycles. The summed E-state index contributed by atoms with van der Waals surface area (Å²) in [5.41, 5.74) is 2.02. The van der Waals surface area contributed by atoms with Crippen LogP contribution in [0.15, 0.2) is 81.5 Å². The largest absolute Gasteiger partial charge is 0.316 e. The number of hydrogen-bond donors (Lipinski definition) is 1. The molecule has 1 N–H and O–H groups in total. The maximum absolute atomic E-state index is 14.5. The number of halogens is 2. The molecule has 178 valence electrons. The third-order valence-electron chi connectivity index (χ3n) is 5.69. The van der Waals surface area contributed by atoms with E-state index in [2.05, 4.69) is 35.2 Å². The Morgan fingerprint density at radius 3 is 2.53 bits per heavy atom. The topological polar surface area (TPSA) is 54.4 Å². The molecule has 0 bridgehead atoms. The zero-order chi connectivity index (χ0) is 24.5. The molecule has 0 radical (unpaired) electrons. The van der Waals surface area contributed by atoms with Crippen LogP contribution in [0.25, 0.3) is 0 Å². The smallest absolute Gasteiger partial charge is 0.259 e. The van der Waals surface area contributed by atoms with Gasteiger partial charge >= 0.3 is 0 Å². The molecule has 0 spiro atoms. The number of aliphatic imine (C=N–C) groups is 1. The van der Waals surface area contributed by atoms with Gasteiger partial charge in [0.15, 0.2) is 5.82 Å². The molecular formula is C27H29F2N3OS. The second-order valence-electron chi connectivity index (χ2n) is 7.83.